The van der Waals surface area contributed by atoms with Crippen LogP contribution in [-0.4, -0.2) is 59.7 Å². The van der Waals surface area contributed by atoms with Crippen molar-refractivity contribution in [2.45, 2.75) is 46.1 Å². The van der Waals surface area contributed by atoms with E-state index in [-0.39, 0.29) is 23.6 Å². The van der Waals surface area contributed by atoms with E-state index in [1.807, 2.05) is 62.1 Å². The maximum absolute atomic E-state index is 13.2. The molecule has 1 unspecified atom stereocenters. The van der Waals surface area contributed by atoms with E-state index in [0.717, 1.165) is 18.4 Å². The summed E-state index contributed by atoms with van der Waals surface area (Å²) in [6.07, 6.45) is 2.23. The number of benzene rings is 2. The van der Waals surface area contributed by atoms with Gasteiger partial charge in [-0.25, -0.2) is 0 Å². The zero-order chi connectivity index (χ0) is 23.8. The lowest BCUT2D eigenvalue weighted by atomic mass is 10.0. The minimum atomic E-state index is -0.592. The molecule has 1 fully saturated rings. The number of nitrogens with one attached hydrogen (secondary N) is 1. The topological polar surface area (TPSA) is 69.7 Å². The summed E-state index contributed by atoms with van der Waals surface area (Å²) >= 11 is 0. The zero-order valence-corrected chi connectivity index (χ0v) is 19.9. The normalized spacial score (nSPS) is 14.8. The third kappa shape index (κ3) is 6.91. The summed E-state index contributed by atoms with van der Waals surface area (Å²) in [5, 5.41) is 2.92. The molecule has 1 heterocycles. The van der Waals surface area contributed by atoms with Gasteiger partial charge in [-0.3, -0.25) is 14.4 Å². The Morgan fingerprint density at radius 2 is 1.58 bits per heavy atom. The van der Waals surface area contributed by atoms with E-state index in [0.29, 0.717) is 38.2 Å². The Balaban J connectivity index is 1.49. The average Bonchev–Trinajstić information content (AvgIpc) is 2.82. The number of piperazine rings is 1. The SMILES string of the molecule is Cc1cccc(C(=O)NC(C(=O)N2CCN(C(=O)CCCc3ccccc3)CC2)C(C)C)c1. The van der Waals surface area contributed by atoms with Gasteiger partial charge in [0, 0.05) is 38.2 Å². The Morgan fingerprint density at radius 3 is 2.21 bits per heavy atom. The molecule has 2 aromatic carbocycles. The van der Waals surface area contributed by atoms with E-state index in [1.54, 1.807) is 11.0 Å². The molecule has 1 aliphatic rings. The van der Waals surface area contributed by atoms with E-state index < -0.39 is 6.04 Å². The van der Waals surface area contributed by atoms with Gasteiger partial charge < -0.3 is 15.1 Å². The van der Waals surface area contributed by atoms with Crippen molar-refractivity contribution in [2.24, 2.45) is 5.92 Å². The van der Waals surface area contributed by atoms with Crippen LogP contribution in [0.2, 0.25) is 0 Å². The van der Waals surface area contributed by atoms with Crippen molar-refractivity contribution in [1.82, 2.24) is 15.1 Å². The fourth-order valence-corrected chi connectivity index (χ4v) is 4.14. The fraction of sp³-hybridized carbons (Fsp3) is 0.444. The van der Waals surface area contributed by atoms with Crippen LogP contribution in [0.15, 0.2) is 54.6 Å². The van der Waals surface area contributed by atoms with Gasteiger partial charge in [0.1, 0.15) is 6.04 Å². The summed E-state index contributed by atoms with van der Waals surface area (Å²) in [6, 6.07) is 16.9. The molecule has 1 saturated heterocycles. The van der Waals surface area contributed by atoms with Crippen LogP contribution < -0.4 is 5.32 Å². The second kappa shape index (κ2) is 11.6. The molecule has 6 heteroatoms. The van der Waals surface area contributed by atoms with Crippen LogP contribution in [0.5, 0.6) is 0 Å². The molecule has 0 radical (unpaired) electrons. The number of aryl methyl sites for hydroxylation is 2. The van der Waals surface area contributed by atoms with Crippen molar-refractivity contribution in [3.8, 4) is 0 Å². The Bertz CT molecular complexity index is 950. The van der Waals surface area contributed by atoms with E-state index in [4.69, 9.17) is 0 Å². The molecular formula is C27H35N3O3. The molecule has 33 heavy (non-hydrogen) atoms. The predicted octanol–water partition coefficient (Wildman–Crippen LogP) is 3.44. The van der Waals surface area contributed by atoms with Crippen LogP contribution in [-0.2, 0) is 16.0 Å². The molecular weight excluding hydrogens is 414 g/mol. The number of rotatable bonds is 8. The number of carbonyl (C=O) groups is 3. The highest BCUT2D eigenvalue weighted by atomic mass is 16.2. The van der Waals surface area contributed by atoms with Crippen LogP contribution in [0.4, 0.5) is 0 Å². The highest BCUT2D eigenvalue weighted by Crippen LogP contribution is 2.13. The molecule has 0 bridgehead atoms. The predicted molar refractivity (Wildman–Crippen MR) is 130 cm³/mol. The minimum Gasteiger partial charge on any atom is -0.340 e. The molecule has 0 aromatic heterocycles. The molecule has 0 spiro atoms. The number of carbonyl (C=O) groups excluding carboxylic acids is 3. The monoisotopic (exact) mass is 449 g/mol. The van der Waals surface area contributed by atoms with E-state index in [9.17, 15) is 14.4 Å². The Kier molecular flexibility index (Phi) is 8.64. The number of amides is 3. The van der Waals surface area contributed by atoms with Gasteiger partial charge in [-0.05, 0) is 43.4 Å². The second-order valence-electron chi connectivity index (χ2n) is 9.11. The van der Waals surface area contributed by atoms with Gasteiger partial charge in [0.15, 0.2) is 0 Å². The summed E-state index contributed by atoms with van der Waals surface area (Å²) in [7, 11) is 0. The number of nitrogens with zero attached hydrogens (tertiary/aromatic N) is 2. The Morgan fingerprint density at radius 1 is 0.909 bits per heavy atom. The molecule has 1 atom stereocenters. The number of hydrogen-bond donors (Lipinski definition) is 1. The fourth-order valence-electron chi connectivity index (χ4n) is 4.14. The van der Waals surface area contributed by atoms with Crippen molar-refractivity contribution in [3.63, 3.8) is 0 Å². The van der Waals surface area contributed by atoms with E-state index in [2.05, 4.69) is 17.4 Å². The molecule has 3 amide bonds. The first-order valence-electron chi connectivity index (χ1n) is 11.8. The van der Waals surface area contributed by atoms with Crippen molar-refractivity contribution < 1.29 is 14.4 Å². The lowest BCUT2D eigenvalue weighted by Gasteiger charge is -2.37. The van der Waals surface area contributed by atoms with E-state index >= 15 is 0 Å². The van der Waals surface area contributed by atoms with Gasteiger partial charge >= 0.3 is 0 Å². The lowest BCUT2D eigenvalue weighted by Crippen LogP contribution is -2.57. The smallest absolute Gasteiger partial charge is 0.251 e. The maximum Gasteiger partial charge on any atom is 0.251 e. The largest absolute Gasteiger partial charge is 0.340 e. The summed E-state index contributed by atoms with van der Waals surface area (Å²) in [5.74, 6) is -0.213. The summed E-state index contributed by atoms with van der Waals surface area (Å²) in [5.41, 5.74) is 2.80. The van der Waals surface area contributed by atoms with Crippen LogP contribution in [0.1, 0.15) is 48.2 Å². The molecule has 1 N–H and O–H groups in total. The van der Waals surface area contributed by atoms with Gasteiger partial charge in [0.05, 0.1) is 0 Å². The molecule has 6 nitrogen and oxygen atoms in total. The third-order valence-corrected chi connectivity index (χ3v) is 6.14. The van der Waals surface area contributed by atoms with Crippen LogP contribution in [0, 0.1) is 12.8 Å². The molecule has 0 saturated carbocycles. The van der Waals surface area contributed by atoms with Gasteiger partial charge in [-0.1, -0.05) is 61.9 Å². The molecule has 3 rings (SSSR count). The first-order valence-corrected chi connectivity index (χ1v) is 11.8. The lowest BCUT2D eigenvalue weighted by molar-refractivity contribution is -0.141. The Labute approximate surface area is 197 Å². The molecule has 1 aliphatic heterocycles. The van der Waals surface area contributed by atoms with Gasteiger partial charge in [-0.2, -0.15) is 0 Å². The average molecular weight is 450 g/mol. The maximum atomic E-state index is 13.2. The molecule has 2 aromatic rings. The van der Waals surface area contributed by atoms with Crippen molar-refractivity contribution in [2.75, 3.05) is 26.2 Å². The number of hydrogen-bond acceptors (Lipinski definition) is 3. The van der Waals surface area contributed by atoms with Crippen LogP contribution in [0.25, 0.3) is 0 Å². The van der Waals surface area contributed by atoms with Crippen LogP contribution in [0.3, 0.4) is 0 Å². The molecule has 176 valence electrons. The first-order chi connectivity index (χ1) is 15.8. The Hall–Kier alpha value is -3.15. The highest BCUT2D eigenvalue weighted by Gasteiger charge is 2.31. The molecule has 0 aliphatic carbocycles. The second-order valence-corrected chi connectivity index (χ2v) is 9.11. The minimum absolute atomic E-state index is 0.0380. The summed E-state index contributed by atoms with van der Waals surface area (Å²) < 4.78 is 0. The summed E-state index contributed by atoms with van der Waals surface area (Å²) in [4.78, 5) is 42.1. The third-order valence-electron chi connectivity index (χ3n) is 6.14. The van der Waals surface area contributed by atoms with Crippen molar-refractivity contribution in [3.05, 3.63) is 71.3 Å². The van der Waals surface area contributed by atoms with Crippen LogP contribution >= 0.6 is 0 Å². The quantitative estimate of drug-likeness (QED) is 0.671. The highest BCUT2D eigenvalue weighted by molar-refractivity contribution is 5.97. The standard InChI is InChI=1S/C27H35N3O3/c1-20(2)25(28-26(32)23-13-7-9-21(3)19-23)27(33)30-17-15-29(16-18-30)24(31)14-8-12-22-10-5-4-6-11-22/h4-7,9-11,13,19-20,25H,8,12,14-18H2,1-3H3,(H,28,32). The van der Waals surface area contributed by atoms with Gasteiger partial charge in [-0.15, -0.1) is 0 Å². The van der Waals surface area contributed by atoms with Crippen molar-refractivity contribution >= 4 is 17.7 Å². The summed E-state index contributed by atoms with van der Waals surface area (Å²) in [6.45, 7) is 7.86. The first kappa shape index (κ1) is 24.5. The zero-order valence-electron chi connectivity index (χ0n) is 19.9. The van der Waals surface area contributed by atoms with Gasteiger partial charge in [0.25, 0.3) is 5.91 Å². The van der Waals surface area contributed by atoms with Gasteiger partial charge in [0.2, 0.25) is 11.8 Å². The van der Waals surface area contributed by atoms with E-state index in [1.165, 1.54) is 5.56 Å². The van der Waals surface area contributed by atoms with Crippen molar-refractivity contribution in [1.29, 1.82) is 0 Å².